The molecular weight excluding hydrogens is 475 g/mol. The second-order valence-electron chi connectivity index (χ2n) is 6.21. The fraction of sp³-hybridized carbons (Fsp3) is 0.167. The molecule has 6 nitrogen and oxygen atoms in total. The van der Waals surface area contributed by atoms with Gasteiger partial charge >= 0.3 is 6.18 Å². The van der Waals surface area contributed by atoms with E-state index in [4.69, 9.17) is 0 Å². The van der Waals surface area contributed by atoms with E-state index in [0.29, 0.717) is 15.9 Å². The summed E-state index contributed by atoms with van der Waals surface area (Å²) in [5, 5.41) is 0. The first kappa shape index (κ1) is 21.2. The molecule has 0 unspecified atom stereocenters. The number of benzene rings is 2. The number of aromatic nitrogens is 2. The number of hydrogen-bond acceptors (Lipinski definition) is 3. The van der Waals surface area contributed by atoms with Gasteiger partial charge in [0, 0.05) is 12.7 Å². The minimum atomic E-state index is -4.50. The highest BCUT2D eigenvalue weighted by molar-refractivity contribution is 9.10. The van der Waals surface area contributed by atoms with Crippen LogP contribution in [0.1, 0.15) is 11.3 Å². The van der Waals surface area contributed by atoms with E-state index in [0.717, 1.165) is 24.3 Å². The lowest BCUT2D eigenvalue weighted by atomic mass is 10.2. The second kappa shape index (κ2) is 7.38. The molecule has 3 aromatic rings. The molecule has 1 heterocycles. The third-order valence-corrected chi connectivity index (χ3v) is 6.65. The van der Waals surface area contributed by atoms with E-state index in [9.17, 15) is 26.4 Å². The number of nitrogens with one attached hydrogen (secondary N) is 1. The lowest BCUT2D eigenvalue weighted by molar-refractivity contribution is -0.137. The molecule has 11 heteroatoms. The molecule has 0 atom stereocenters. The zero-order valence-corrected chi connectivity index (χ0v) is 17.6. The lowest BCUT2D eigenvalue weighted by Gasteiger charge is -2.12. The third-order valence-electron chi connectivity index (χ3n) is 4.34. The van der Waals surface area contributed by atoms with Crippen molar-refractivity contribution >= 4 is 31.6 Å². The van der Waals surface area contributed by atoms with Crippen LogP contribution in [-0.2, 0) is 23.2 Å². The molecule has 154 valence electrons. The van der Waals surface area contributed by atoms with E-state index >= 15 is 0 Å². The van der Waals surface area contributed by atoms with Crippen LogP contribution in [0.5, 0.6) is 0 Å². The summed E-state index contributed by atoms with van der Waals surface area (Å²) in [4.78, 5) is 12.2. The number of hydrogen-bond donors (Lipinski definition) is 1. The Morgan fingerprint density at radius 1 is 1.00 bits per heavy atom. The highest BCUT2D eigenvalue weighted by atomic mass is 79.9. The molecule has 0 aliphatic carbocycles. The van der Waals surface area contributed by atoms with Crippen LogP contribution in [0.25, 0.3) is 5.69 Å². The van der Waals surface area contributed by atoms with Gasteiger partial charge < -0.3 is 0 Å². The van der Waals surface area contributed by atoms with Crippen molar-refractivity contribution in [2.75, 3.05) is 4.72 Å². The quantitative estimate of drug-likeness (QED) is 0.600. The van der Waals surface area contributed by atoms with Crippen LogP contribution in [-0.4, -0.2) is 17.8 Å². The van der Waals surface area contributed by atoms with Crippen LogP contribution in [0, 0.1) is 6.92 Å². The molecule has 2 aromatic carbocycles. The molecule has 0 radical (unpaired) electrons. The maximum Gasteiger partial charge on any atom is 0.416 e. The SMILES string of the molecule is Cc1c(Br)c(=O)n(-c2ccc(S(=O)(=O)Nc3ccc(C(F)(F)F)cc3)cc2)n1C. The van der Waals surface area contributed by atoms with Gasteiger partial charge in [-0.25, -0.2) is 13.1 Å². The second-order valence-corrected chi connectivity index (χ2v) is 8.69. The first-order valence-electron chi connectivity index (χ1n) is 8.16. The van der Waals surface area contributed by atoms with Gasteiger partial charge in [0.25, 0.3) is 15.6 Å². The number of sulfonamides is 1. The van der Waals surface area contributed by atoms with Gasteiger partial charge in [-0.05, 0) is 71.4 Å². The molecule has 0 saturated carbocycles. The molecule has 3 rings (SSSR count). The van der Waals surface area contributed by atoms with Gasteiger partial charge in [-0.1, -0.05) is 0 Å². The summed E-state index contributed by atoms with van der Waals surface area (Å²) in [6.07, 6.45) is -4.50. The first-order valence-corrected chi connectivity index (χ1v) is 10.4. The van der Waals surface area contributed by atoms with E-state index in [1.807, 2.05) is 0 Å². The third kappa shape index (κ3) is 4.10. The molecule has 1 N–H and O–H groups in total. The van der Waals surface area contributed by atoms with Gasteiger partial charge in [-0.15, -0.1) is 0 Å². The van der Waals surface area contributed by atoms with Crippen LogP contribution in [0.2, 0.25) is 0 Å². The summed E-state index contributed by atoms with van der Waals surface area (Å²) in [5.74, 6) is 0. The summed E-state index contributed by atoms with van der Waals surface area (Å²) < 4.78 is 68.5. The Hall–Kier alpha value is -2.53. The first-order chi connectivity index (χ1) is 13.4. The Balaban J connectivity index is 1.87. The van der Waals surface area contributed by atoms with Crippen molar-refractivity contribution in [2.45, 2.75) is 18.0 Å². The van der Waals surface area contributed by atoms with Crippen LogP contribution in [0.15, 0.2) is 62.7 Å². The van der Waals surface area contributed by atoms with Crippen LogP contribution >= 0.6 is 15.9 Å². The summed E-state index contributed by atoms with van der Waals surface area (Å²) in [7, 11) is -2.33. The summed E-state index contributed by atoms with van der Waals surface area (Å²) in [6.45, 7) is 1.76. The number of rotatable bonds is 4. The van der Waals surface area contributed by atoms with E-state index in [-0.39, 0.29) is 16.1 Å². The minimum Gasteiger partial charge on any atom is -0.284 e. The van der Waals surface area contributed by atoms with Crippen LogP contribution in [0.3, 0.4) is 0 Å². The summed E-state index contributed by atoms with van der Waals surface area (Å²) >= 11 is 3.22. The van der Waals surface area contributed by atoms with Gasteiger partial charge in [0.15, 0.2) is 0 Å². The molecule has 0 aliphatic heterocycles. The van der Waals surface area contributed by atoms with Crippen molar-refractivity contribution in [1.82, 2.24) is 9.36 Å². The van der Waals surface area contributed by atoms with Crippen LogP contribution < -0.4 is 10.3 Å². The van der Waals surface area contributed by atoms with Gasteiger partial charge in [0.2, 0.25) is 0 Å². The minimum absolute atomic E-state index is 0.000265. The smallest absolute Gasteiger partial charge is 0.284 e. The van der Waals surface area contributed by atoms with Crippen molar-refractivity contribution in [3.63, 3.8) is 0 Å². The summed E-state index contributed by atoms with van der Waals surface area (Å²) in [5.41, 5.74) is -0.00140. The molecule has 0 saturated heterocycles. The molecule has 0 amide bonds. The monoisotopic (exact) mass is 489 g/mol. The maximum atomic E-state index is 12.6. The van der Waals surface area contributed by atoms with Crippen molar-refractivity contribution in [3.8, 4) is 5.69 Å². The van der Waals surface area contributed by atoms with Gasteiger partial charge in [-0.3, -0.25) is 14.2 Å². The van der Waals surface area contributed by atoms with E-state index in [1.165, 1.54) is 28.9 Å². The van der Waals surface area contributed by atoms with E-state index < -0.39 is 21.8 Å². The van der Waals surface area contributed by atoms with Gasteiger partial charge in [0.05, 0.1) is 21.8 Å². The van der Waals surface area contributed by atoms with E-state index in [2.05, 4.69) is 20.7 Å². The Labute approximate surface area is 172 Å². The molecule has 1 aromatic heterocycles. The Bertz CT molecular complexity index is 1210. The topological polar surface area (TPSA) is 73.1 Å². The highest BCUT2D eigenvalue weighted by Gasteiger charge is 2.30. The normalized spacial score (nSPS) is 12.2. The Morgan fingerprint density at radius 3 is 2.00 bits per heavy atom. The van der Waals surface area contributed by atoms with Gasteiger partial charge in [-0.2, -0.15) is 13.2 Å². The predicted molar refractivity (Wildman–Crippen MR) is 106 cm³/mol. The largest absolute Gasteiger partial charge is 0.416 e. The van der Waals surface area contributed by atoms with E-state index in [1.54, 1.807) is 18.7 Å². The number of nitrogens with zero attached hydrogens (tertiary/aromatic N) is 2. The average Bonchev–Trinajstić information content (AvgIpc) is 2.84. The lowest BCUT2D eigenvalue weighted by Crippen LogP contribution is -2.20. The average molecular weight is 490 g/mol. The Kier molecular flexibility index (Phi) is 5.39. The molecule has 0 spiro atoms. The molecule has 29 heavy (non-hydrogen) atoms. The standard InChI is InChI=1S/C18H15BrF3N3O3S/c1-11-16(19)17(26)25(24(11)2)14-7-9-15(10-8-14)29(27,28)23-13-5-3-12(4-6-13)18(20,21)22/h3-10,23H,1-2H3. The van der Waals surface area contributed by atoms with Crippen LogP contribution in [0.4, 0.5) is 18.9 Å². The molecule has 0 aliphatic rings. The van der Waals surface area contributed by atoms with Crippen molar-refractivity contribution in [3.05, 3.63) is 74.6 Å². The van der Waals surface area contributed by atoms with Crippen molar-refractivity contribution in [1.29, 1.82) is 0 Å². The van der Waals surface area contributed by atoms with Crippen molar-refractivity contribution in [2.24, 2.45) is 7.05 Å². The fourth-order valence-corrected chi connectivity index (χ4v) is 4.16. The predicted octanol–water partition coefficient (Wildman–Crippen LogP) is 4.07. The number of halogens is 4. The molecule has 0 fully saturated rings. The molecular formula is C18H15BrF3N3O3S. The Morgan fingerprint density at radius 2 is 1.55 bits per heavy atom. The molecule has 0 bridgehead atoms. The highest BCUT2D eigenvalue weighted by Crippen LogP contribution is 2.30. The number of alkyl halides is 3. The maximum absolute atomic E-state index is 12.6. The zero-order chi connectivity index (χ0) is 21.6. The number of anilines is 1. The summed E-state index contributed by atoms with van der Waals surface area (Å²) in [6, 6.07) is 9.22. The van der Waals surface area contributed by atoms with Gasteiger partial charge in [0.1, 0.15) is 4.47 Å². The van der Waals surface area contributed by atoms with Crippen molar-refractivity contribution < 1.29 is 21.6 Å². The fourth-order valence-electron chi connectivity index (χ4n) is 2.67. The zero-order valence-electron chi connectivity index (χ0n) is 15.2.